The number of hydrogen-bond donors (Lipinski definition) is 0. The minimum absolute atomic E-state index is 0.271. The summed E-state index contributed by atoms with van der Waals surface area (Å²) >= 11 is 6.41. The molecule has 88 valence electrons. The molecule has 0 saturated heterocycles. The Hall–Kier alpha value is -0.690. The van der Waals surface area contributed by atoms with Crippen LogP contribution in [0.15, 0.2) is 18.2 Å². The molecule has 2 heteroatoms. The van der Waals surface area contributed by atoms with Crippen molar-refractivity contribution in [2.75, 3.05) is 7.11 Å². The summed E-state index contributed by atoms with van der Waals surface area (Å²) in [5.74, 6) is 1.49. The third-order valence-corrected chi connectivity index (χ3v) is 4.15. The summed E-state index contributed by atoms with van der Waals surface area (Å²) in [6.45, 7) is 2.16. The molecule has 0 spiro atoms. The summed E-state index contributed by atoms with van der Waals surface area (Å²) < 4.78 is 5.27. The quantitative estimate of drug-likeness (QED) is 0.720. The molecule has 16 heavy (non-hydrogen) atoms. The number of benzene rings is 1. The highest BCUT2D eigenvalue weighted by Gasteiger charge is 2.25. The predicted octanol–water partition coefficient (Wildman–Crippen LogP) is 4.13. The maximum Gasteiger partial charge on any atom is 0.119 e. The second-order valence-corrected chi connectivity index (χ2v) is 5.05. The van der Waals surface area contributed by atoms with E-state index in [0.717, 1.165) is 18.6 Å². The van der Waals surface area contributed by atoms with Crippen molar-refractivity contribution in [1.82, 2.24) is 0 Å². The van der Waals surface area contributed by atoms with Crippen molar-refractivity contribution in [1.29, 1.82) is 0 Å². The van der Waals surface area contributed by atoms with Crippen molar-refractivity contribution < 1.29 is 4.74 Å². The van der Waals surface area contributed by atoms with Gasteiger partial charge in [0.05, 0.1) is 7.11 Å². The molecule has 0 N–H and O–H groups in total. The van der Waals surface area contributed by atoms with E-state index in [4.69, 9.17) is 16.3 Å². The first-order chi connectivity index (χ1) is 7.76. The van der Waals surface area contributed by atoms with E-state index in [1.165, 1.54) is 24.0 Å². The maximum atomic E-state index is 6.41. The molecule has 2 unspecified atom stereocenters. The van der Waals surface area contributed by atoms with Crippen LogP contribution in [-0.2, 0) is 6.42 Å². The largest absolute Gasteiger partial charge is 0.497 e. The van der Waals surface area contributed by atoms with Gasteiger partial charge in [0.2, 0.25) is 0 Å². The summed E-state index contributed by atoms with van der Waals surface area (Å²) in [6.07, 6.45) is 4.67. The highest BCUT2D eigenvalue weighted by Crippen LogP contribution is 2.38. The molecule has 1 aliphatic carbocycles. The van der Waals surface area contributed by atoms with Gasteiger partial charge in [-0.15, -0.1) is 11.6 Å². The van der Waals surface area contributed by atoms with Crippen LogP contribution < -0.4 is 4.74 Å². The van der Waals surface area contributed by atoms with Gasteiger partial charge >= 0.3 is 0 Å². The van der Waals surface area contributed by atoms with Gasteiger partial charge in [-0.1, -0.05) is 13.0 Å². The van der Waals surface area contributed by atoms with E-state index in [0.29, 0.717) is 5.92 Å². The average Bonchev–Trinajstić information content (AvgIpc) is 2.36. The number of halogens is 1. The lowest BCUT2D eigenvalue weighted by Crippen LogP contribution is -2.18. The fourth-order valence-electron chi connectivity index (χ4n) is 2.62. The van der Waals surface area contributed by atoms with Crippen molar-refractivity contribution in [2.24, 2.45) is 0 Å². The van der Waals surface area contributed by atoms with Crippen LogP contribution in [0.1, 0.15) is 43.2 Å². The van der Waals surface area contributed by atoms with Gasteiger partial charge in [-0.05, 0) is 48.9 Å². The van der Waals surface area contributed by atoms with Gasteiger partial charge in [0.15, 0.2) is 0 Å². The highest BCUT2D eigenvalue weighted by molar-refractivity contribution is 6.21. The third kappa shape index (κ3) is 2.20. The lowest BCUT2D eigenvalue weighted by atomic mass is 9.80. The first-order valence-corrected chi connectivity index (χ1v) is 6.50. The second-order valence-electron chi connectivity index (χ2n) is 4.49. The number of ether oxygens (including phenoxy) is 1. The van der Waals surface area contributed by atoms with Crippen molar-refractivity contribution >= 4 is 11.6 Å². The minimum Gasteiger partial charge on any atom is -0.497 e. The van der Waals surface area contributed by atoms with Crippen LogP contribution in [0.3, 0.4) is 0 Å². The molecule has 0 amide bonds. The highest BCUT2D eigenvalue weighted by atomic mass is 35.5. The SMILES string of the molecule is CCC(Cl)C1CCCc2cc(OC)ccc21. The second kappa shape index (κ2) is 5.09. The molecule has 0 aromatic heterocycles. The molecule has 0 aliphatic heterocycles. The monoisotopic (exact) mass is 238 g/mol. The molecule has 0 fully saturated rings. The molecule has 1 aromatic carbocycles. The van der Waals surface area contributed by atoms with Crippen LogP contribution >= 0.6 is 11.6 Å². The van der Waals surface area contributed by atoms with Gasteiger partial charge in [0.1, 0.15) is 5.75 Å². The number of methoxy groups -OCH3 is 1. The fourth-order valence-corrected chi connectivity index (χ4v) is 2.88. The van der Waals surface area contributed by atoms with Gasteiger partial charge in [-0.2, -0.15) is 0 Å². The Balaban J connectivity index is 2.32. The topological polar surface area (TPSA) is 9.23 Å². The predicted molar refractivity (Wildman–Crippen MR) is 68.6 cm³/mol. The maximum absolute atomic E-state index is 6.41. The number of aryl methyl sites for hydroxylation is 1. The first kappa shape index (κ1) is 11.8. The Morgan fingerprint density at radius 2 is 2.31 bits per heavy atom. The van der Waals surface area contributed by atoms with E-state index in [-0.39, 0.29) is 5.38 Å². The standard InChI is InChI=1S/C14H19ClO/c1-3-14(15)13-6-4-5-10-9-11(16-2)7-8-12(10)13/h7-9,13-14H,3-6H2,1-2H3. The molecule has 0 bridgehead atoms. The summed E-state index contributed by atoms with van der Waals surface area (Å²) in [4.78, 5) is 0. The Morgan fingerprint density at radius 3 is 3.00 bits per heavy atom. The number of fused-ring (bicyclic) bond motifs is 1. The van der Waals surface area contributed by atoms with Crippen molar-refractivity contribution in [3.63, 3.8) is 0 Å². The van der Waals surface area contributed by atoms with Crippen LogP contribution in [0.5, 0.6) is 5.75 Å². The summed E-state index contributed by atoms with van der Waals surface area (Å²) in [5.41, 5.74) is 2.86. The van der Waals surface area contributed by atoms with E-state index < -0.39 is 0 Å². The van der Waals surface area contributed by atoms with E-state index in [1.54, 1.807) is 7.11 Å². The molecule has 2 atom stereocenters. The minimum atomic E-state index is 0.271. The molecule has 1 aliphatic rings. The summed E-state index contributed by atoms with van der Waals surface area (Å²) in [7, 11) is 1.72. The van der Waals surface area contributed by atoms with Crippen molar-refractivity contribution in [3.05, 3.63) is 29.3 Å². The Kier molecular flexibility index (Phi) is 3.75. The molecule has 2 rings (SSSR count). The summed E-state index contributed by atoms with van der Waals surface area (Å²) in [5, 5.41) is 0.271. The molecule has 0 radical (unpaired) electrons. The number of hydrogen-bond acceptors (Lipinski definition) is 1. The van der Waals surface area contributed by atoms with Crippen LogP contribution in [0, 0.1) is 0 Å². The Labute approximate surface area is 103 Å². The number of rotatable bonds is 3. The zero-order valence-corrected chi connectivity index (χ0v) is 10.8. The zero-order chi connectivity index (χ0) is 11.5. The van der Waals surface area contributed by atoms with Crippen LogP contribution in [-0.4, -0.2) is 12.5 Å². The van der Waals surface area contributed by atoms with Crippen LogP contribution in [0.2, 0.25) is 0 Å². The molecule has 0 heterocycles. The van der Waals surface area contributed by atoms with E-state index >= 15 is 0 Å². The Morgan fingerprint density at radius 1 is 1.50 bits per heavy atom. The van der Waals surface area contributed by atoms with Crippen LogP contribution in [0.4, 0.5) is 0 Å². The zero-order valence-electron chi connectivity index (χ0n) is 10.0. The van der Waals surface area contributed by atoms with Gasteiger partial charge in [-0.3, -0.25) is 0 Å². The third-order valence-electron chi connectivity index (χ3n) is 3.54. The van der Waals surface area contributed by atoms with E-state index in [2.05, 4.69) is 25.1 Å². The van der Waals surface area contributed by atoms with Gasteiger partial charge in [-0.25, -0.2) is 0 Å². The Bertz CT molecular complexity index is 362. The lowest BCUT2D eigenvalue weighted by Gasteiger charge is -2.28. The first-order valence-electron chi connectivity index (χ1n) is 6.07. The van der Waals surface area contributed by atoms with Gasteiger partial charge in [0, 0.05) is 11.3 Å². The molecule has 1 aromatic rings. The normalized spacial score (nSPS) is 21.3. The molecular weight excluding hydrogens is 220 g/mol. The smallest absolute Gasteiger partial charge is 0.119 e. The van der Waals surface area contributed by atoms with Gasteiger partial charge in [0.25, 0.3) is 0 Å². The van der Waals surface area contributed by atoms with Crippen LogP contribution in [0.25, 0.3) is 0 Å². The fraction of sp³-hybridized carbons (Fsp3) is 0.571. The van der Waals surface area contributed by atoms with Crippen molar-refractivity contribution in [2.45, 2.75) is 43.9 Å². The van der Waals surface area contributed by atoms with Crippen molar-refractivity contribution in [3.8, 4) is 5.75 Å². The van der Waals surface area contributed by atoms with E-state index in [1.807, 2.05) is 0 Å². The molecule has 1 nitrogen and oxygen atoms in total. The van der Waals surface area contributed by atoms with Gasteiger partial charge < -0.3 is 4.74 Å². The van der Waals surface area contributed by atoms with E-state index in [9.17, 15) is 0 Å². The lowest BCUT2D eigenvalue weighted by molar-refractivity contribution is 0.412. The average molecular weight is 239 g/mol. The molecular formula is C14H19ClO. The molecule has 0 saturated carbocycles. The summed E-state index contributed by atoms with van der Waals surface area (Å²) in [6, 6.07) is 6.42. The number of alkyl halides is 1.